The molecule has 0 unspecified atom stereocenters. The van der Waals surface area contributed by atoms with Gasteiger partial charge in [-0.15, -0.1) is 0 Å². The van der Waals surface area contributed by atoms with Crippen LogP contribution in [0.4, 0.5) is 5.95 Å². The summed E-state index contributed by atoms with van der Waals surface area (Å²) in [6.45, 7) is 1.74. The van der Waals surface area contributed by atoms with Crippen LogP contribution in [0.3, 0.4) is 0 Å². The van der Waals surface area contributed by atoms with Gasteiger partial charge in [0, 0.05) is 6.42 Å². The molecule has 1 fully saturated rings. The van der Waals surface area contributed by atoms with Gasteiger partial charge < -0.3 is 15.6 Å². The second-order valence-corrected chi connectivity index (χ2v) is 3.50. The summed E-state index contributed by atoms with van der Waals surface area (Å²) >= 11 is 0. The molecule has 3 atom stereocenters. The molecule has 0 radical (unpaired) electrons. The third-order valence-corrected chi connectivity index (χ3v) is 2.41. The Morgan fingerprint density at radius 1 is 1.73 bits per heavy atom. The zero-order chi connectivity index (χ0) is 11.0. The quantitative estimate of drug-likeness (QED) is 0.611. The summed E-state index contributed by atoms with van der Waals surface area (Å²) in [6, 6.07) is 0. The number of nitrogens with zero attached hydrogens (tertiary/aromatic N) is 3. The average molecular weight is 212 g/mol. The zero-order valence-electron chi connectivity index (χ0n) is 8.20. The highest BCUT2D eigenvalue weighted by molar-refractivity contribution is 5.09. The fourth-order valence-electron chi connectivity index (χ4n) is 1.52. The summed E-state index contributed by atoms with van der Waals surface area (Å²) in [7, 11) is 0. The predicted molar refractivity (Wildman–Crippen MR) is 50.9 cm³/mol. The minimum absolute atomic E-state index is 0.0668. The van der Waals surface area contributed by atoms with Crippen LogP contribution < -0.4 is 11.4 Å². The number of aliphatic hydroxyl groups is 1. The van der Waals surface area contributed by atoms with Crippen molar-refractivity contribution in [3.8, 4) is 0 Å². The maximum absolute atomic E-state index is 11.4. The lowest BCUT2D eigenvalue weighted by molar-refractivity contribution is -0.0105. The number of nitrogens with two attached hydrogens (primary N) is 1. The summed E-state index contributed by atoms with van der Waals surface area (Å²) in [5, 5.41) is 9.47. The molecule has 1 aromatic rings. The summed E-state index contributed by atoms with van der Waals surface area (Å²) < 4.78 is 6.60. The van der Waals surface area contributed by atoms with Crippen LogP contribution in [0.2, 0.25) is 0 Å². The van der Waals surface area contributed by atoms with Crippen LogP contribution in [0.1, 0.15) is 19.6 Å². The van der Waals surface area contributed by atoms with E-state index in [1.807, 2.05) is 0 Å². The van der Waals surface area contributed by atoms with Crippen molar-refractivity contribution in [3.05, 3.63) is 16.8 Å². The Bertz CT molecular complexity index is 409. The van der Waals surface area contributed by atoms with E-state index in [9.17, 15) is 9.90 Å². The van der Waals surface area contributed by atoms with E-state index >= 15 is 0 Å². The molecule has 2 heterocycles. The molecule has 1 aromatic heterocycles. The number of hydrogen-bond donors (Lipinski definition) is 2. The zero-order valence-corrected chi connectivity index (χ0v) is 8.20. The standard InChI is InChI=1S/C8H12N4O3/c1-4-5(13)2-6(15-4)12-3-10-7(9)11-8(12)14/h3-6,13H,2H2,1H3,(H2,9,11,14)/t4-,5-,6-/m1/s1. The molecule has 1 aliphatic rings. The van der Waals surface area contributed by atoms with Crippen molar-refractivity contribution in [2.75, 3.05) is 5.73 Å². The van der Waals surface area contributed by atoms with Gasteiger partial charge in [0.25, 0.3) is 0 Å². The first-order chi connectivity index (χ1) is 7.08. The van der Waals surface area contributed by atoms with E-state index in [0.717, 1.165) is 0 Å². The first kappa shape index (κ1) is 10.1. The number of nitrogen functional groups attached to an aromatic ring is 1. The summed E-state index contributed by atoms with van der Waals surface area (Å²) in [6.07, 6.45) is 0.260. The van der Waals surface area contributed by atoms with Gasteiger partial charge in [0.1, 0.15) is 12.6 Å². The molecule has 0 saturated carbocycles. The molecule has 15 heavy (non-hydrogen) atoms. The highest BCUT2D eigenvalue weighted by Gasteiger charge is 2.32. The normalized spacial score (nSPS) is 30.7. The molecule has 1 saturated heterocycles. The lowest BCUT2D eigenvalue weighted by Crippen LogP contribution is -2.28. The Labute approximate surface area is 85.5 Å². The maximum atomic E-state index is 11.4. The lowest BCUT2D eigenvalue weighted by Gasteiger charge is -2.12. The molecule has 7 nitrogen and oxygen atoms in total. The van der Waals surface area contributed by atoms with E-state index in [-0.39, 0.29) is 12.1 Å². The van der Waals surface area contributed by atoms with Gasteiger partial charge in [0.05, 0.1) is 12.2 Å². The molecule has 7 heteroatoms. The molecule has 3 N–H and O–H groups in total. The summed E-state index contributed by atoms with van der Waals surface area (Å²) in [5.41, 5.74) is 4.74. The second-order valence-electron chi connectivity index (χ2n) is 3.50. The van der Waals surface area contributed by atoms with Crippen LogP contribution in [0.5, 0.6) is 0 Å². The minimum Gasteiger partial charge on any atom is -0.390 e. The number of rotatable bonds is 1. The first-order valence-electron chi connectivity index (χ1n) is 4.62. The molecular formula is C8H12N4O3. The van der Waals surface area contributed by atoms with Crippen molar-refractivity contribution in [3.63, 3.8) is 0 Å². The molecule has 0 aromatic carbocycles. The highest BCUT2D eigenvalue weighted by atomic mass is 16.5. The molecule has 82 valence electrons. The van der Waals surface area contributed by atoms with Gasteiger partial charge in [0.2, 0.25) is 5.95 Å². The van der Waals surface area contributed by atoms with Gasteiger partial charge in [-0.1, -0.05) is 0 Å². The summed E-state index contributed by atoms with van der Waals surface area (Å²) in [4.78, 5) is 18.6. The maximum Gasteiger partial charge on any atom is 0.354 e. The van der Waals surface area contributed by atoms with Gasteiger partial charge in [-0.25, -0.2) is 9.78 Å². The third-order valence-electron chi connectivity index (χ3n) is 2.41. The van der Waals surface area contributed by atoms with Gasteiger partial charge in [-0.2, -0.15) is 4.98 Å². The van der Waals surface area contributed by atoms with Crippen molar-refractivity contribution in [2.24, 2.45) is 0 Å². The minimum atomic E-state index is -0.570. The Kier molecular flexibility index (Phi) is 2.41. The smallest absolute Gasteiger partial charge is 0.354 e. The number of aliphatic hydroxyl groups excluding tert-OH is 1. The highest BCUT2D eigenvalue weighted by Crippen LogP contribution is 2.26. The third kappa shape index (κ3) is 1.83. The van der Waals surface area contributed by atoms with Crippen LogP contribution in [-0.4, -0.2) is 31.8 Å². The lowest BCUT2D eigenvalue weighted by atomic mass is 10.2. The van der Waals surface area contributed by atoms with Crippen LogP contribution in [0, 0.1) is 0 Å². The monoisotopic (exact) mass is 212 g/mol. The van der Waals surface area contributed by atoms with Crippen molar-refractivity contribution in [2.45, 2.75) is 31.8 Å². The van der Waals surface area contributed by atoms with Crippen LogP contribution in [-0.2, 0) is 4.74 Å². The van der Waals surface area contributed by atoms with E-state index in [0.29, 0.717) is 6.42 Å². The molecule has 0 spiro atoms. The fraction of sp³-hybridized carbons (Fsp3) is 0.625. The van der Waals surface area contributed by atoms with Crippen LogP contribution in [0.15, 0.2) is 11.1 Å². The molecule has 0 bridgehead atoms. The molecule has 0 aliphatic carbocycles. The van der Waals surface area contributed by atoms with E-state index in [2.05, 4.69) is 9.97 Å². The van der Waals surface area contributed by atoms with Crippen molar-refractivity contribution < 1.29 is 9.84 Å². The number of aromatic nitrogens is 3. The van der Waals surface area contributed by atoms with E-state index in [1.54, 1.807) is 6.92 Å². The van der Waals surface area contributed by atoms with Crippen LogP contribution in [0.25, 0.3) is 0 Å². The topological polar surface area (TPSA) is 103 Å². The Morgan fingerprint density at radius 2 is 2.47 bits per heavy atom. The van der Waals surface area contributed by atoms with Crippen molar-refractivity contribution >= 4 is 5.95 Å². The predicted octanol–water partition coefficient (Wildman–Crippen LogP) is -1.11. The van der Waals surface area contributed by atoms with Gasteiger partial charge >= 0.3 is 5.69 Å². The summed E-state index contributed by atoms with van der Waals surface area (Å²) in [5.74, 6) is -0.0668. The molecule has 0 amide bonds. The number of anilines is 1. The van der Waals surface area contributed by atoms with E-state index in [1.165, 1.54) is 10.9 Å². The average Bonchev–Trinajstić information content (AvgIpc) is 2.46. The SMILES string of the molecule is C[C@H]1O[C@@H](n2cnc(N)nc2=O)C[C@H]1O. The number of ether oxygens (including phenoxy) is 1. The van der Waals surface area contributed by atoms with E-state index < -0.39 is 18.0 Å². The van der Waals surface area contributed by atoms with Gasteiger partial charge in [-0.3, -0.25) is 4.57 Å². The van der Waals surface area contributed by atoms with Gasteiger partial charge in [0.15, 0.2) is 0 Å². The first-order valence-corrected chi connectivity index (χ1v) is 4.62. The van der Waals surface area contributed by atoms with Crippen molar-refractivity contribution in [1.29, 1.82) is 0 Å². The van der Waals surface area contributed by atoms with Crippen molar-refractivity contribution in [1.82, 2.24) is 14.5 Å². The Balaban J connectivity index is 2.28. The van der Waals surface area contributed by atoms with Crippen LogP contribution >= 0.6 is 0 Å². The second kappa shape index (κ2) is 3.59. The largest absolute Gasteiger partial charge is 0.390 e. The number of hydrogen-bond acceptors (Lipinski definition) is 6. The molecule has 1 aliphatic heterocycles. The Hall–Kier alpha value is -1.47. The van der Waals surface area contributed by atoms with Gasteiger partial charge in [-0.05, 0) is 6.92 Å². The molecular weight excluding hydrogens is 200 g/mol. The fourth-order valence-corrected chi connectivity index (χ4v) is 1.52. The van der Waals surface area contributed by atoms with E-state index in [4.69, 9.17) is 10.5 Å². The Morgan fingerprint density at radius 3 is 3.00 bits per heavy atom. The molecule has 2 rings (SSSR count).